The Morgan fingerprint density at radius 3 is 2.43 bits per heavy atom. The topological polar surface area (TPSA) is 72.2 Å². The third kappa shape index (κ3) is 2.68. The molecule has 0 unspecified atom stereocenters. The fourth-order valence-corrected chi connectivity index (χ4v) is 2.57. The average molecular weight is 218 g/mol. The second-order valence-electron chi connectivity index (χ2n) is 4.68. The smallest absolute Gasteiger partial charge is 0.210 e. The van der Waals surface area contributed by atoms with E-state index in [1.54, 1.807) is 0 Å². The molecule has 0 aromatic rings. The predicted octanol–water partition coefficient (Wildman–Crippen LogP) is 0.0547. The van der Waals surface area contributed by atoms with Gasteiger partial charge in [0.25, 0.3) is 0 Å². The molecule has 14 heavy (non-hydrogen) atoms. The summed E-state index contributed by atoms with van der Waals surface area (Å²) in [7, 11) is -3.29. The highest BCUT2D eigenvalue weighted by molar-refractivity contribution is 7.89. The third-order valence-electron chi connectivity index (χ3n) is 3.38. The lowest BCUT2D eigenvalue weighted by Gasteiger charge is -2.14. The molecule has 0 heterocycles. The standard InChI is InChI=1S/C9H18N2O2S/c10-14(12,13)6-5-11-7-9(3-4-9)8-1-2-8/h8,11H,1-7H2,(H2,10,12,13). The van der Waals surface area contributed by atoms with Gasteiger partial charge in [-0.1, -0.05) is 0 Å². The van der Waals surface area contributed by atoms with E-state index in [4.69, 9.17) is 5.14 Å². The lowest BCUT2D eigenvalue weighted by molar-refractivity contribution is 0.409. The number of primary sulfonamides is 1. The summed E-state index contributed by atoms with van der Waals surface area (Å²) < 4.78 is 21.3. The zero-order valence-corrected chi connectivity index (χ0v) is 9.15. The first-order chi connectivity index (χ1) is 6.52. The lowest BCUT2D eigenvalue weighted by Crippen LogP contribution is -2.31. The molecule has 2 saturated carbocycles. The van der Waals surface area contributed by atoms with E-state index in [9.17, 15) is 8.42 Å². The van der Waals surface area contributed by atoms with Crippen molar-refractivity contribution in [1.82, 2.24) is 5.32 Å². The largest absolute Gasteiger partial charge is 0.315 e. The molecule has 0 aromatic heterocycles. The molecule has 2 rings (SSSR count). The number of nitrogens with two attached hydrogens (primary N) is 1. The van der Waals surface area contributed by atoms with Gasteiger partial charge in [0, 0.05) is 13.1 Å². The minimum Gasteiger partial charge on any atom is -0.315 e. The molecule has 0 bridgehead atoms. The van der Waals surface area contributed by atoms with Crippen molar-refractivity contribution in [2.45, 2.75) is 25.7 Å². The first-order valence-corrected chi connectivity index (χ1v) is 6.95. The minimum atomic E-state index is -3.29. The molecular formula is C9H18N2O2S. The number of hydrogen-bond donors (Lipinski definition) is 2. The summed E-state index contributed by atoms with van der Waals surface area (Å²) in [5.41, 5.74) is 0.540. The maximum absolute atomic E-state index is 10.7. The van der Waals surface area contributed by atoms with Gasteiger partial charge >= 0.3 is 0 Å². The molecular weight excluding hydrogens is 200 g/mol. The van der Waals surface area contributed by atoms with Crippen molar-refractivity contribution in [1.29, 1.82) is 0 Å². The van der Waals surface area contributed by atoms with Gasteiger partial charge in [0.05, 0.1) is 5.75 Å². The van der Waals surface area contributed by atoms with E-state index in [-0.39, 0.29) is 5.75 Å². The predicted molar refractivity (Wildman–Crippen MR) is 55.2 cm³/mol. The molecule has 4 nitrogen and oxygen atoms in total. The van der Waals surface area contributed by atoms with Crippen LogP contribution in [0.2, 0.25) is 0 Å². The van der Waals surface area contributed by atoms with E-state index in [1.165, 1.54) is 25.7 Å². The summed E-state index contributed by atoms with van der Waals surface area (Å²) in [6.07, 6.45) is 5.38. The van der Waals surface area contributed by atoms with Crippen molar-refractivity contribution in [3.63, 3.8) is 0 Å². The Kier molecular flexibility index (Phi) is 2.57. The van der Waals surface area contributed by atoms with Crippen molar-refractivity contribution >= 4 is 10.0 Å². The number of rotatable bonds is 6. The average Bonchev–Trinajstić information content (AvgIpc) is 2.87. The summed E-state index contributed by atoms with van der Waals surface area (Å²) >= 11 is 0. The summed E-state index contributed by atoms with van der Waals surface area (Å²) in [4.78, 5) is 0. The van der Waals surface area contributed by atoms with Crippen LogP contribution in [-0.4, -0.2) is 27.3 Å². The van der Waals surface area contributed by atoms with Crippen LogP contribution in [-0.2, 0) is 10.0 Å². The summed E-state index contributed by atoms with van der Waals surface area (Å²) in [6.45, 7) is 1.47. The van der Waals surface area contributed by atoms with Gasteiger partial charge in [-0.2, -0.15) is 0 Å². The van der Waals surface area contributed by atoms with Gasteiger partial charge < -0.3 is 5.32 Å². The Bertz CT molecular complexity index is 305. The van der Waals surface area contributed by atoms with Crippen LogP contribution in [0.5, 0.6) is 0 Å². The highest BCUT2D eigenvalue weighted by Gasteiger charge is 2.53. The van der Waals surface area contributed by atoms with Gasteiger partial charge in [-0.15, -0.1) is 0 Å². The maximum atomic E-state index is 10.7. The summed E-state index contributed by atoms with van der Waals surface area (Å²) in [6, 6.07) is 0. The molecule has 2 aliphatic carbocycles. The molecule has 3 N–H and O–H groups in total. The Morgan fingerprint density at radius 2 is 2.00 bits per heavy atom. The van der Waals surface area contributed by atoms with Crippen LogP contribution in [0.3, 0.4) is 0 Å². The molecule has 5 heteroatoms. The molecule has 0 saturated heterocycles. The molecule has 82 valence electrons. The Balaban J connectivity index is 1.63. The zero-order chi connectivity index (χ0) is 10.2. The van der Waals surface area contributed by atoms with E-state index < -0.39 is 10.0 Å². The van der Waals surface area contributed by atoms with E-state index in [1.807, 2.05) is 0 Å². The van der Waals surface area contributed by atoms with Gasteiger partial charge in [0.1, 0.15) is 0 Å². The summed E-state index contributed by atoms with van der Waals surface area (Å²) in [5, 5.41) is 8.11. The van der Waals surface area contributed by atoms with Gasteiger partial charge in [-0.3, -0.25) is 0 Å². The Labute approximate surface area is 85.3 Å². The molecule has 2 fully saturated rings. The minimum absolute atomic E-state index is 0.0494. The van der Waals surface area contributed by atoms with E-state index in [0.29, 0.717) is 12.0 Å². The molecule has 0 aliphatic heterocycles. The van der Waals surface area contributed by atoms with Gasteiger partial charge in [0.15, 0.2) is 0 Å². The van der Waals surface area contributed by atoms with Crippen LogP contribution in [0.4, 0.5) is 0 Å². The van der Waals surface area contributed by atoms with Gasteiger partial charge in [0.2, 0.25) is 10.0 Å². The fourth-order valence-electron chi connectivity index (χ4n) is 2.14. The first-order valence-electron chi connectivity index (χ1n) is 5.23. The maximum Gasteiger partial charge on any atom is 0.210 e. The van der Waals surface area contributed by atoms with Crippen LogP contribution in [0.25, 0.3) is 0 Å². The second-order valence-corrected chi connectivity index (χ2v) is 6.41. The highest BCUT2D eigenvalue weighted by Crippen LogP contribution is 2.60. The van der Waals surface area contributed by atoms with Crippen LogP contribution in [0, 0.1) is 11.3 Å². The van der Waals surface area contributed by atoms with Crippen molar-refractivity contribution in [2.75, 3.05) is 18.8 Å². The van der Waals surface area contributed by atoms with Crippen molar-refractivity contribution in [2.24, 2.45) is 16.5 Å². The van der Waals surface area contributed by atoms with E-state index in [2.05, 4.69) is 5.32 Å². The van der Waals surface area contributed by atoms with E-state index >= 15 is 0 Å². The Morgan fingerprint density at radius 1 is 1.36 bits per heavy atom. The van der Waals surface area contributed by atoms with Crippen molar-refractivity contribution < 1.29 is 8.42 Å². The number of nitrogens with one attached hydrogen (secondary N) is 1. The molecule has 0 amide bonds. The number of hydrogen-bond acceptors (Lipinski definition) is 3. The zero-order valence-electron chi connectivity index (χ0n) is 8.33. The van der Waals surface area contributed by atoms with Crippen molar-refractivity contribution in [3.8, 4) is 0 Å². The van der Waals surface area contributed by atoms with E-state index in [0.717, 1.165) is 12.5 Å². The van der Waals surface area contributed by atoms with Gasteiger partial charge in [-0.05, 0) is 37.0 Å². The molecule has 0 aromatic carbocycles. The number of sulfonamides is 1. The highest BCUT2D eigenvalue weighted by atomic mass is 32.2. The molecule has 0 atom stereocenters. The Hall–Kier alpha value is -0.130. The quantitative estimate of drug-likeness (QED) is 0.619. The summed E-state index contributed by atoms with van der Waals surface area (Å²) in [5.74, 6) is 0.970. The molecule has 2 aliphatic rings. The first kappa shape index (κ1) is 10.4. The van der Waals surface area contributed by atoms with Crippen molar-refractivity contribution in [3.05, 3.63) is 0 Å². The van der Waals surface area contributed by atoms with Gasteiger partial charge in [-0.25, -0.2) is 13.6 Å². The monoisotopic (exact) mass is 218 g/mol. The molecule has 0 radical (unpaired) electrons. The normalized spacial score (nSPS) is 24.9. The third-order valence-corrected chi connectivity index (χ3v) is 4.15. The SMILES string of the molecule is NS(=O)(=O)CCNCC1(C2CC2)CC1. The van der Waals surface area contributed by atoms with Crippen LogP contribution in [0.1, 0.15) is 25.7 Å². The van der Waals surface area contributed by atoms with Crippen LogP contribution in [0.15, 0.2) is 0 Å². The molecule has 0 spiro atoms. The van der Waals surface area contributed by atoms with Crippen LogP contribution >= 0.6 is 0 Å². The fraction of sp³-hybridized carbons (Fsp3) is 1.00. The van der Waals surface area contributed by atoms with Crippen LogP contribution < -0.4 is 10.5 Å². The second kappa shape index (κ2) is 3.47. The lowest BCUT2D eigenvalue weighted by atomic mass is 10.0.